The molecule has 0 bridgehead atoms. The number of rotatable bonds is 7. The number of amides is 1. The molecule has 1 saturated heterocycles. The predicted octanol–water partition coefficient (Wildman–Crippen LogP) is -3.46. The first-order valence-electron chi connectivity index (χ1n) is 8.50. The van der Waals surface area contributed by atoms with Gasteiger partial charge in [0.15, 0.2) is 0 Å². The van der Waals surface area contributed by atoms with Gasteiger partial charge >= 0.3 is 29.6 Å². The van der Waals surface area contributed by atoms with Crippen LogP contribution in [0.25, 0.3) is 0 Å². The number of carbonyl (C=O) groups excluding carboxylic acids is 2. The number of fused-ring (bicyclic) bond motifs is 1. The average Bonchev–Trinajstić information content (AvgIpc) is 2.84. The number of aliphatic hydroxyl groups is 2. The molecule has 1 aromatic rings. The van der Waals surface area contributed by atoms with Crippen LogP contribution in [0.1, 0.15) is 19.5 Å². The Morgan fingerprint density at radius 1 is 1.44 bits per heavy atom. The summed E-state index contributed by atoms with van der Waals surface area (Å²) in [6.07, 6.45) is 1.29. The second-order valence-corrected chi connectivity index (χ2v) is 8.04. The van der Waals surface area contributed by atoms with Crippen LogP contribution >= 0.6 is 11.8 Å². The van der Waals surface area contributed by atoms with Crippen LogP contribution in [0.15, 0.2) is 35.0 Å². The van der Waals surface area contributed by atoms with Crippen LogP contribution in [0.4, 0.5) is 0 Å². The number of nitrogens with zero attached hydrogens (tertiary/aromatic N) is 2. The monoisotopic (exact) mass is 400 g/mol. The van der Waals surface area contributed by atoms with Crippen LogP contribution in [0.3, 0.4) is 0 Å². The van der Waals surface area contributed by atoms with E-state index in [-0.39, 0.29) is 59.1 Å². The molecule has 9 heteroatoms. The van der Waals surface area contributed by atoms with E-state index in [4.69, 9.17) is 0 Å². The fourth-order valence-corrected chi connectivity index (χ4v) is 5.08. The van der Waals surface area contributed by atoms with E-state index in [0.29, 0.717) is 11.3 Å². The number of carboxylic acids is 1. The zero-order chi connectivity index (χ0) is 19.0. The minimum absolute atomic E-state index is 0. The van der Waals surface area contributed by atoms with Crippen LogP contribution in [-0.2, 0) is 16.0 Å². The second-order valence-electron chi connectivity index (χ2n) is 6.70. The van der Waals surface area contributed by atoms with Crippen LogP contribution in [0.5, 0.6) is 0 Å². The van der Waals surface area contributed by atoms with E-state index in [0.717, 1.165) is 5.69 Å². The Morgan fingerprint density at radius 2 is 2.15 bits per heavy atom. The van der Waals surface area contributed by atoms with Crippen LogP contribution in [0, 0.1) is 11.8 Å². The molecule has 2 N–H and O–H groups in total. The smallest absolute Gasteiger partial charge is 0.543 e. The Bertz CT molecular complexity index is 743. The minimum atomic E-state index is -1.41. The van der Waals surface area contributed by atoms with E-state index >= 15 is 0 Å². The minimum Gasteiger partial charge on any atom is -0.543 e. The Kier molecular flexibility index (Phi) is 7.52. The van der Waals surface area contributed by atoms with E-state index < -0.39 is 23.9 Å². The van der Waals surface area contributed by atoms with Gasteiger partial charge in [-0.3, -0.25) is 9.78 Å². The number of carbonyl (C=O) groups is 2. The summed E-state index contributed by atoms with van der Waals surface area (Å²) in [6, 6.07) is 5.11. The summed E-state index contributed by atoms with van der Waals surface area (Å²) in [5, 5.41) is 31.0. The van der Waals surface area contributed by atoms with Crippen molar-refractivity contribution in [2.45, 2.75) is 37.7 Å². The number of β-lactam (4-membered cyclic amide) rings is 1. The molecule has 0 aromatic carbocycles. The van der Waals surface area contributed by atoms with Crippen LogP contribution in [0.2, 0.25) is 0 Å². The van der Waals surface area contributed by atoms with Gasteiger partial charge in [0.1, 0.15) is 0 Å². The normalized spacial score (nSPS) is 26.1. The number of aliphatic carboxylic acids is 1. The molecule has 7 nitrogen and oxygen atoms in total. The van der Waals surface area contributed by atoms with Crippen molar-refractivity contribution in [1.29, 1.82) is 0 Å². The van der Waals surface area contributed by atoms with Gasteiger partial charge in [-0.05, 0) is 19.1 Å². The Labute approximate surface area is 184 Å². The van der Waals surface area contributed by atoms with E-state index in [1.54, 1.807) is 12.3 Å². The molecular formula is C18H21N2NaO5S. The topological polar surface area (TPSA) is 114 Å². The van der Waals surface area contributed by atoms with Gasteiger partial charge < -0.3 is 25.0 Å². The van der Waals surface area contributed by atoms with Gasteiger partial charge in [-0.15, -0.1) is 11.8 Å². The molecule has 1 amide bonds. The third-order valence-corrected chi connectivity index (χ3v) is 6.43. The summed E-state index contributed by atoms with van der Waals surface area (Å²) in [5.41, 5.74) is 0.662. The van der Waals surface area contributed by atoms with Gasteiger partial charge in [0.25, 0.3) is 0 Å². The van der Waals surface area contributed by atoms with Crippen molar-refractivity contribution in [2.24, 2.45) is 11.8 Å². The van der Waals surface area contributed by atoms with E-state index in [9.17, 15) is 24.9 Å². The van der Waals surface area contributed by atoms with Crippen molar-refractivity contribution in [1.82, 2.24) is 9.88 Å². The van der Waals surface area contributed by atoms with Crippen molar-refractivity contribution in [3.8, 4) is 0 Å². The number of aromatic nitrogens is 1. The fourth-order valence-electron chi connectivity index (χ4n) is 3.74. The first-order chi connectivity index (χ1) is 12.4. The van der Waals surface area contributed by atoms with Gasteiger partial charge in [0.2, 0.25) is 5.91 Å². The number of thioether (sulfide) groups is 1. The molecule has 3 heterocycles. The van der Waals surface area contributed by atoms with Gasteiger partial charge in [0, 0.05) is 34.4 Å². The van der Waals surface area contributed by atoms with Crippen LogP contribution < -0.4 is 34.7 Å². The summed E-state index contributed by atoms with van der Waals surface area (Å²) < 4.78 is 0. The van der Waals surface area contributed by atoms with Crippen molar-refractivity contribution >= 4 is 23.6 Å². The first kappa shape index (κ1) is 22.4. The van der Waals surface area contributed by atoms with Crippen LogP contribution in [-0.4, -0.2) is 56.0 Å². The summed E-state index contributed by atoms with van der Waals surface area (Å²) >= 11 is 1.25. The molecule has 1 unspecified atom stereocenters. The van der Waals surface area contributed by atoms with Crippen molar-refractivity contribution in [3.05, 3.63) is 40.7 Å². The second kappa shape index (κ2) is 9.07. The SMILES string of the molecule is C[C@@H](O)[C@H]1C(=O)N2C(C(=O)[O-])=C(SC(CO)Cc3ccccn3)[C@H](C)[C@H]12.[Na+]. The number of pyridine rings is 1. The van der Waals surface area contributed by atoms with Gasteiger partial charge in [-0.2, -0.15) is 0 Å². The van der Waals surface area contributed by atoms with Crippen molar-refractivity contribution in [2.75, 3.05) is 6.61 Å². The standard InChI is InChI=1S/C18H22N2O5S.Na/c1-9-14-13(10(2)22)17(23)20(14)15(18(24)25)16(9)26-12(8-21)7-11-5-3-4-6-19-11;/h3-6,9-10,12-14,21-22H,7-8H2,1-2H3,(H,24,25);/q;+1/p-1/t9-,10-,12?,13-,14-;/m1./s1. The molecule has 2 aliphatic heterocycles. The fraction of sp³-hybridized carbons (Fsp3) is 0.500. The van der Waals surface area contributed by atoms with Gasteiger partial charge in [-0.25, -0.2) is 0 Å². The maximum absolute atomic E-state index is 12.3. The van der Waals surface area contributed by atoms with E-state index in [1.807, 2.05) is 19.1 Å². The maximum Gasteiger partial charge on any atom is 1.00 e. The summed E-state index contributed by atoms with van der Waals surface area (Å²) in [7, 11) is 0. The van der Waals surface area contributed by atoms with E-state index in [2.05, 4.69) is 4.98 Å². The molecule has 0 spiro atoms. The Balaban J connectivity index is 0.00000261. The maximum atomic E-state index is 12.3. The summed E-state index contributed by atoms with van der Waals surface area (Å²) in [6.45, 7) is 3.22. The molecule has 5 atom stereocenters. The molecule has 0 aliphatic carbocycles. The zero-order valence-corrected chi connectivity index (χ0v) is 18.3. The number of hydrogen-bond acceptors (Lipinski definition) is 7. The third kappa shape index (κ3) is 4.11. The van der Waals surface area contributed by atoms with Crippen molar-refractivity contribution < 1.29 is 54.5 Å². The molecule has 3 rings (SSSR count). The third-order valence-electron chi connectivity index (χ3n) is 4.96. The molecule has 1 fully saturated rings. The summed E-state index contributed by atoms with van der Waals surface area (Å²) in [4.78, 5) is 30.0. The Hall–Kier alpha value is -0.900. The molecule has 1 aromatic heterocycles. The molecule has 0 saturated carbocycles. The molecule has 27 heavy (non-hydrogen) atoms. The molecule has 0 radical (unpaired) electrons. The molecule has 2 aliphatic rings. The largest absolute Gasteiger partial charge is 1.00 e. The quantitative estimate of drug-likeness (QED) is 0.361. The number of carboxylic acid groups (broad SMARTS) is 1. The predicted molar refractivity (Wildman–Crippen MR) is 93.4 cm³/mol. The average molecular weight is 400 g/mol. The summed E-state index contributed by atoms with van der Waals surface area (Å²) in [5.74, 6) is -2.66. The number of hydrogen-bond donors (Lipinski definition) is 2. The van der Waals surface area contributed by atoms with Crippen molar-refractivity contribution in [3.63, 3.8) is 0 Å². The van der Waals surface area contributed by atoms with Gasteiger partial charge in [0.05, 0.1) is 36.3 Å². The first-order valence-corrected chi connectivity index (χ1v) is 9.38. The zero-order valence-electron chi connectivity index (χ0n) is 15.5. The van der Waals surface area contributed by atoms with Gasteiger partial charge in [-0.1, -0.05) is 13.0 Å². The number of aliphatic hydroxyl groups excluding tert-OH is 2. The molecule has 140 valence electrons. The van der Waals surface area contributed by atoms with E-state index in [1.165, 1.54) is 23.6 Å². The molecular weight excluding hydrogens is 379 g/mol. The Morgan fingerprint density at radius 3 is 2.67 bits per heavy atom.